The van der Waals surface area contributed by atoms with Crippen LogP contribution in [-0.4, -0.2) is 29.1 Å². The van der Waals surface area contributed by atoms with E-state index in [-0.39, 0.29) is 11.8 Å². The number of rotatable bonds is 1. The van der Waals surface area contributed by atoms with Crippen molar-refractivity contribution in [3.8, 4) is 6.07 Å². The van der Waals surface area contributed by atoms with E-state index in [4.69, 9.17) is 5.26 Å². The minimum atomic E-state index is -0.111. The molecule has 0 spiro atoms. The fraction of sp³-hybridized carbons (Fsp3) is 0.500. The molecule has 0 radical (unpaired) electrons. The minimum absolute atomic E-state index is 0.0892. The van der Waals surface area contributed by atoms with E-state index in [2.05, 4.69) is 15.7 Å². The number of likely N-dealkylation sites (tertiary alicyclic amines) is 1. The van der Waals surface area contributed by atoms with Crippen molar-refractivity contribution in [1.29, 1.82) is 5.26 Å². The zero-order chi connectivity index (χ0) is 10.7. The summed E-state index contributed by atoms with van der Waals surface area (Å²) in [4.78, 5) is 13.5. The van der Waals surface area contributed by atoms with Gasteiger partial charge in [0.15, 0.2) is 5.69 Å². The van der Waals surface area contributed by atoms with E-state index in [0.29, 0.717) is 18.8 Å². The second-order valence-electron chi connectivity index (χ2n) is 3.58. The first-order chi connectivity index (χ1) is 7.31. The number of amides is 1. The molecule has 2 heterocycles. The lowest BCUT2D eigenvalue weighted by molar-refractivity contribution is 0.0697. The molecule has 5 nitrogen and oxygen atoms in total. The third-order valence-corrected chi connectivity index (χ3v) is 2.62. The van der Waals surface area contributed by atoms with Crippen molar-refractivity contribution in [2.45, 2.75) is 12.8 Å². The van der Waals surface area contributed by atoms with E-state index in [9.17, 15) is 4.79 Å². The number of carbonyl (C=O) groups is 1. The second-order valence-corrected chi connectivity index (χ2v) is 3.58. The average molecular weight is 205 g/mol. The highest BCUT2D eigenvalue weighted by atomic mass is 16.5. The third kappa shape index (κ3) is 1.99. The summed E-state index contributed by atoms with van der Waals surface area (Å²) in [6.45, 7) is 1.26. The lowest BCUT2D eigenvalue weighted by atomic mass is 9.98. The number of carbonyl (C=O) groups excluding carboxylic acids is 1. The molecule has 0 saturated carbocycles. The smallest absolute Gasteiger partial charge is 0.276 e. The summed E-state index contributed by atoms with van der Waals surface area (Å²) in [5.74, 6) is -0.0218. The average Bonchev–Trinajstić information content (AvgIpc) is 2.82. The monoisotopic (exact) mass is 205 g/mol. The van der Waals surface area contributed by atoms with E-state index < -0.39 is 0 Å². The molecule has 78 valence electrons. The van der Waals surface area contributed by atoms with Crippen molar-refractivity contribution in [2.24, 2.45) is 5.92 Å². The molecule has 1 saturated heterocycles. The number of nitriles is 1. The Morgan fingerprint density at radius 1 is 1.60 bits per heavy atom. The van der Waals surface area contributed by atoms with Crippen LogP contribution in [-0.2, 0) is 0 Å². The van der Waals surface area contributed by atoms with Gasteiger partial charge in [-0.1, -0.05) is 5.16 Å². The first-order valence-corrected chi connectivity index (χ1v) is 4.90. The molecule has 0 atom stereocenters. The van der Waals surface area contributed by atoms with Gasteiger partial charge < -0.3 is 9.42 Å². The normalized spacial score (nSPS) is 17.4. The minimum Gasteiger partial charge on any atom is -0.364 e. The molecule has 1 fully saturated rings. The fourth-order valence-corrected chi connectivity index (χ4v) is 1.70. The Hall–Kier alpha value is -1.83. The van der Waals surface area contributed by atoms with Crippen LogP contribution in [0.2, 0.25) is 0 Å². The zero-order valence-electron chi connectivity index (χ0n) is 8.22. The number of hydrogen-bond donors (Lipinski definition) is 0. The molecule has 1 aromatic heterocycles. The van der Waals surface area contributed by atoms with Crippen LogP contribution in [0.1, 0.15) is 23.3 Å². The van der Waals surface area contributed by atoms with E-state index in [0.717, 1.165) is 12.8 Å². The number of piperidine rings is 1. The van der Waals surface area contributed by atoms with Crippen LogP contribution >= 0.6 is 0 Å². The Kier molecular flexibility index (Phi) is 2.68. The van der Waals surface area contributed by atoms with Gasteiger partial charge in [-0.25, -0.2) is 0 Å². The summed E-state index contributed by atoms with van der Waals surface area (Å²) < 4.78 is 4.62. The van der Waals surface area contributed by atoms with Gasteiger partial charge in [-0.05, 0) is 12.8 Å². The van der Waals surface area contributed by atoms with E-state index in [1.54, 1.807) is 11.0 Å². The van der Waals surface area contributed by atoms with Crippen molar-refractivity contribution < 1.29 is 9.32 Å². The van der Waals surface area contributed by atoms with Crippen LogP contribution in [0.4, 0.5) is 0 Å². The lowest BCUT2D eigenvalue weighted by Crippen LogP contribution is -2.38. The predicted octanol–water partition coefficient (Wildman–Crippen LogP) is 1.05. The molecular weight excluding hydrogens is 194 g/mol. The number of aromatic nitrogens is 1. The molecule has 1 aromatic rings. The fourth-order valence-electron chi connectivity index (χ4n) is 1.70. The van der Waals surface area contributed by atoms with Crippen LogP contribution in [0.25, 0.3) is 0 Å². The Labute approximate surface area is 87.3 Å². The third-order valence-electron chi connectivity index (χ3n) is 2.62. The highest BCUT2D eigenvalue weighted by Gasteiger charge is 2.24. The lowest BCUT2D eigenvalue weighted by Gasteiger charge is -2.28. The van der Waals surface area contributed by atoms with Crippen molar-refractivity contribution in [3.05, 3.63) is 18.0 Å². The summed E-state index contributed by atoms with van der Waals surface area (Å²) >= 11 is 0. The maximum absolute atomic E-state index is 11.8. The van der Waals surface area contributed by atoms with Crippen molar-refractivity contribution >= 4 is 5.91 Å². The first-order valence-electron chi connectivity index (χ1n) is 4.90. The maximum atomic E-state index is 11.8. The van der Waals surface area contributed by atoms with Gasteiger partial charge in [0.05, 0.1) is 6.07 Å². The van der Waals surface area contributed by atoms with Gasteiger partial charge in [0.25, 0.3) is 5.91 Å². The molecule has 5 heteroatoms. The van der Waals surface area contributed by atoms with Crippen molar-refractivity contribution in [2.75, 3.05) is 13.1 Å². The Balaban J connectivity index is 1.97. The zero-order valence-corrected chi connectivity index (χ0v) is 8.22. The Morgan fingerprint density at radius 2 is 2.33 bits per heavy atom. The molecule has 1 aliphatic heterocycles. The summed E-state index contributed by atoms with van der Waals surface area (Å²) in [5, 5.41) is 12.3. The van der Waals surface area contributed by atoms with Crippen LogP contribution < -0.4 is 0 Å². The molecule has 15 heavy (non-hydrogen) atoms. The molecule has 0 unspecified atom stereocenters. The molecular formula is C10H11N3O2. The van der Waals surface area contributed by atoms with Crippen molar-refractivity contribution in [1.82, 2.24) is 10.1 Å². The Morgan fingerprint density at radius 3 is 2.87 bits per heavy atom. The van der Waals surface area contributed by atoms with Gasteiger partial charge in [-0.2, -0.15) is 5.26 Å². The van der Waals surface area contributed by atoms with Crippen LogP contribution in [0.5, 0.6) is 0 Å². The summed E-state index contributed by atoms with van der Waals surface area (Å²) in [5.41, 5.74) is 0.338. The van der Waals surface area contributed by atoms with E-state index in [1.807, 2.05) is 0 Å². The SMILES string of the molecule is N#CC1CCN(C(=O)c2ccon2)CC1. The van der Waals surface area contributed by atoms with Crippen molar-refractivity contribution in [3.63, 3.8) is 0 Å². The van der Waals surface area contributed by atoms with E-state index in [1.165, 1.54) is 6.26 Å². The second kappa shape index (κ2) is 4.13. The van der Waals surface area contributed by atoms with Gasteiger partial charge in [-0.15, -0.1) is 0 Å². The molecule has 0 aromatic carbocycles. The molecule has 2 rings (SSSR count). The highest BCUT2D eigenvalue weighted by Crippen LogP contribution is 2.17. The van der Waals surface area contributed by atoms with Crippen LogP contribution in [0, 0.1) is 17.2 Å². The largest absolute Gasteiger partial charge is 0.364 e. The first kappa shape index (κ1) is 9.71. The standard InChI is InChI=1S/C10H11N3O2/c11-7-8-1-4-13(5-2-8)10(14)9-3-6-15-12-9/h3,6,8H,1-2,4-5H2. The van der Waals surface area contributed by atoms with Crippen LogP contribution in [0.15, 0.2) is 16.9 Å². The van der Waals surface area contributed by atoms with Gasteiger partial charge in [0.1, 0.15) is 6.26 Å². The molecule has 1 amide bonds. The molecule has 1 aliphatic rings. The summed E-state index contributed by atoms with van der Waals surface area (Å²) in [7, 11) is 0. The Bertz CT molecular complexity index is 372. The topological polar surface area (TPSA) is 70.1 Å². The predicted molar refractivity (Wildman–Crippen MR) is 50.7 cm³/mol. The maximum Gasteiger partial charge on any atom is 0.276 e. The molecule has 0 bridgehead atoms. The summed E-state index contributed by atoms with van der Waals surface area (Å²) in [6.07, 6.45) is 2.88. The van der Waals surface area contributed by atoms with Crippen LogP contribution in [0.3, 0.4) is 0 Å². The van der Waals surface area contributed by atoms with Gasteiger partial charge in [0, 0.05) is 25.1 Å². The van der Waals surface area contributed by atoms with Gasteiger partial charge in [-0.3, -0.25) is 4.79 Å². The number of hydrogen-bond acceptors (Lipinski definition) is 4. The summed E-state index contributed by atoms with van der Waals surface area (Å²) in [6, 6.07) is 3.78. The van der Waals surface area contributed by atoms with Gasteiger partial charge >= 0.3 is 0 Å². The molecule has 0 N–H and O–H groups in total. The van der Waals surface area contributed by atoms with Gasteiger partial charge in [0.2, 0.25) is 0 Å². The van der Waals surface area contributed by atoms with E-state index >= 15 is 0 Å². The quantitative estimate of drug-likeness (QED) is 0.687. The molecule has 0 aliphatic carbocycles. The number of nitrogens with zero attached hydrogens (tertiary/aromatic N) is 3. The highest BCUT2D eigenvalue weighted by molar-refractivity contribution is 5.92.